The first-order valence-corrected chi connectivity index (χ1v) is 8.56. The van der Waals surface area contributed by atoms with Gasteiger partial charge in [-0.3, -0.25) is 4.79 Å². The molecule has 0 bridgehead atoms. The molecule has 100 valence electrons. The lowest BCUT2D eigenvalue weighted by Crippen LogP contribution is -2.29. The second-order valence-electron chi connectivity index (χ2n) is 4.18. The summed E-state index contributed by atoms with van der Waals surface area (Å²) in [6.45, 7) is 0.733. The number of hydrogen-bond donors (Lipinski definition) is 0. The smallest absolute Gasteiger partial charge is 0.254 e. The molecule has 1 aromatic heterocycles. The molecule has 19 heavy (non-hydrogen) atoms. The van der Waals surface area contributed by atoms with Crippen molar-refractivity contribution < 1.29 is 4.79 Å². The molecule has 2 aromatic rings. The zero-order valence-electron chi connectivity index (χ0n) is 10.4. The molecule has 2 nitrogen and oxygen atoms in total. The first kappa shape index (κ1) is 15.0. The third kappa shape index (κ3) is 4.03. The van der Waals surface area contributed by atoms with Crippen molar-refractivity contribution in [3.63, 3.8) is 0 Å². The molecule has 0 aliphatic heterocycles. The molecule has 0 saturated heterocycles. The van der Waals surface area contributed by atoms with Gasteiger partial charge in [0.15, 0.2) is 0 Å². The Morgan fingerprint density at radius 2 is 2.21 bits per heavy atom. The predicted molar refractivity (Wildman–Crippen MR) is 91.8 cm³/mol. The summed E-state index contributed by atoms with van der Waals surface area (Å²) in [5, 5.41) is 2.06. The van der Waals surface area contributed by atoms with Crippen molar-refractivity contribution in [3.05, 3.63) is 54.2 Å². The second-order valence-corrected chi connectivity index (χ2v) is 7.31. The average Bonchev–Trinajstić information content (AvgIpc) is 2.91. The molecule has 0 atom stereocenters. The number of carbonyl (C=O) groups excluding carboxylic acids is 1. The number of thiophene rings is 1. The van der Waals surface area contributed by atoms with Crippen LogP contribution >= 0.6 is 49.9 Å². The topological polar surface area (TPSA) is 20.3 Å². The minimum atomic E-state index is 0.0574. The van der Waals surface area contributed by atoms with Gasteiger partial charge in [-0.1, -0.05) is 6.07 Å². The van der Waals surface area contributed by atoms with Gasteiger partial charge >= 0.3 is 0 Å². The van der Waals surface area contributed by atoms with E-state index < -0.39 is 0 Å². The van der Waals surface area contributed by atoms with Crippen LogP contribution in [0.15, 0.2) is 40.2 Å². The Hall–Kier alpha value is -0.400. The van der Waals surface area contributed by atoms with Gasteiger partial charge in [0.05, 0.1) is 5.56 Å². The monoisotopic (exact) mass is 449 g/mol. The van der Waals surface area contributed by atoms with Gasteiger partial charge in [-0.25, -0.2) is 0 Å². The van der Waals surface area contributed by atoms with Crippen molar-refractivity contribution in [2.75, 3.05) is 13.6 Å². The number of benzene rings is 1. The summed E-state index contributed by atoms with van der Waals surface area (Å²) >= 11 is 7.39. The number of likely N-dealkylation sites (N-methyl/N-ethyl adjacent to an activating group) is 1. The molecule has 2 rings (SSSR count). The van der Waals surface area contributed by atoms with Crippen LogP contribution in [0.3, 0.4) is 0 Å². The van der Waals surface area contributed by atoms with Gasteiger partial charge < -0.3 is 4.90 Å². The summed E-state index contributed by atoms with van der Waals surface area (Å²) in [5.41, 5.74) is 0.723. The highest BCUT2D eigenvalue weighted by Crippen LogP contribution is 2.21. The Morgan fingerprint density at radius 3 is 2.89 bits per heavy atom. The molecule has 0 spiro atoms. The summed E-state index contributed by atoms with van der Waals surface area (Å²) in [6, 6.07) is 9.95. The zero-order chi connectivity index (χ0) is 13.8. The van der Waals surface area contributed by atoms with E-state index in [0.717, 1.165) is 26.6 Å². The third-order valence-electron chi connectivity index (χ3n) is 2.78. The van der Waals surface area contributed by atoms with E-state index in [1.54, 1.807) is 16.2 Å². The van der Waals surface area contributed by atoms with E-state index in [9.17, 15) is 4.79 Å². The number of amides is 1. The molecule has 0 radical (unpaired) electrons. The maximum Gasteiger partial charge on any atom is 0.254 e. The normalized spacial score (nSPS) is 10.5. The fourth-order valence-electron chi connectivity index (χ4n) is 1.70. The minimum absolute atomic E-state index is 0.0574. The quantitative estimate of drug-likeness (QED) is 0.632. The van der Waals surface area contributed by atoms with Crippen LogP contribution in [-0.4, -0.2) is 24.4 Å². The van der Waals surface area contributed by atoms with E-state index in [4.69, 9.17) is 0 Å². The summed E-state index contributed by atoms with van der Waals surface area (Å²) in [5.74, 6) is 0.0574. The summed E-state index contributed by atoms with van der Waals surface area (Å²) < 4.78 is 1.91. The first-order chi connectivity index (χ1) is 9.08. The predicted octanol–water partition coefficient (Wildman–Crippen LogP) is 4.43. The fourth-order valence-corrected chi connectivity index (χ4v) is 3.31. The van der Waals surface area contributed by atoms with Gasteiger partial charge in [0.1, 0.15) is 0 Å². The van der Waals surface area contributed by atoms with E-state index >= 15 is 0 Å². The number of nitrogens with zero attached hydrogens (tertiary/aromatic N) is 1. The van der Waals surface area contributed by atoms with Gasteiger partial charge in [-0.05, 0) is 74.6 Å². The Morgan fingerprint density at radius 1 is 1.42 bits per heavy atom. The fraction of sp³-hybridized carbons (Fsp3) is 0.214. The van der Waals surface area contributed by atoms with Crippen LogP contribution in [0.4, 0.5) is 0 Å². The Bertz CT molecular complexity index is 571. The van der Waals surface area contributed by atoms with Gasteiger partial charge in [0.25, 0.3) is 5.91 Å². The molecule has 0 N–H and O–H groups in total. The molecule has 0 saturated carbocycles. The number of carbonyl (C=O) groups is 1. The molecule has 1 aromatic carbocycles. The van der Waals surface area contributed by atoms with Gasteiger partial charge in [0.2, 0.25) is 0 Å². The van der Waals surface area contributed by atoms with Crippen LogP contribution in [0.5, 0.6) is 0 Å². The van der Waals surface area contributed by atoms with Crippen LogP contribution in [-0.2, 0) is 6.42 Å². The first-order valence-electron chi connectivity index (χ1n) is 5.81. The standard InChI is InChI=1S/C14H13BrINOS/c1-17(7-6-11-3-2-8-19-11)14(18)12-9-10(16)4-5-13(12)15/h2-5,8-9H,6-7H2,1H3. The Kier molecular flexibility index (Phi) is 5.41. The van der Waals surface area contributed by atoms with Crippen molar-refractivity contribution in [3.8, 4) is 0 Å². The van der Waals surface area contributed by atoms with Crippen LogP contribution in [0, 0.1) is 3.57 Å². The summed E-state index contributed by atoms with van der Waals surface area (Å²) in [4.78, 5) is 15.5. The van der Waals surface area contributed by atoms with E-state index in [2.05, 4.69) is 50.0 Å². The van der Waals surface area contributed by atoms with Crippen molar-refractivity contribution >= 4 is 55.8 Å². The summed E-state index contributed by atoms with van der Waals surface area (Å²) in [6.07, 6.45) is 0.904. The average molecular weight is 450 g/mol. The van der Waals surface area contributed by atoms with Crippen molar-refractivity contribution in [1.29, 1.82) is 0 Å². The summed E-state index contributed by atoms with van der Waals surface area (Å²) in [7, 11) is 1.85. The Balaban J connectivity index is 2.04. The van der Waals surface area contributed by atoms with Crippen molar-refractivity contribution in [2.45, 2.75) is 6.42 Å². The molecule has 0 aliphatic carbocycles. The number of halogens is 2. The molecular weight excluding hydrogens is 437 g/mol. The van der Waals surface area contributed by atoms with Crippen LogP contribution < -0.4 is 0 Å². The van der Waals surface area contributed by atoms with Gasteiger partial charge in [-0.2, -0.15) is 0 Å². The van der Waals surface area contributed by atoms with E-state index in [1.807, 2.05) is 31.3 Å². The largest absolute Gasteiger partial charge is 0.341 e. The van der Waals surface area contributed by atoms with Crippen LogP contribution in [0.25, 0.3) is 0 Å². The lowest BCUT2D eigenvalue weighted by atomic mass is 10.2. The van der Waals surface area contributed by atoms with E-state index in [-0.39, 0.29) is 5.91 Å². The highest BCUT2D eigenvalue weighted by atomic mass is 127. The van der Waals surface area contributed by atoms with Crippen LogP contribution in [0.1, 0.15) is 15.2 Å². The molecule has 5 heteroatoms. The third-order valence-corrected chi connectivity index (χ3v) is 5.08. The maximum atomic E-state index is 12.4. The molecule has 0 aliphatic rings. The number of rotatable bonds is 4. The lowest BCUT2D eigenvalue weighted by molar-refractivity contribution is 0.0796. The molecule has 0 fully saturated rings. The molecule has 1 amide bonds. The molecular formula is C14H13BrINOS. The number of hydrogen-bond acceptors (Lipinski definition) is 2. The van der Waals surface area contributed by atoms with Crippen molar-refractivity contribution in [1.82, 2.24) is 4.90 Å². The second kappa shape index (κ2) is 6.85. The molecule has 0 unspecified atom stereocenters. The van der Waals surface area contributed by atoms with Crippen molar-refractivity contribution in [2.24, 2.45) is 0 Å². The SMILES string of the molecule is CN(CCc1cccs1)C(=O)c1cc(I)ccc1Br. The lowest BCUT2D eigenvalue weighted by Gasteiger charge is -2.17. The Labute approximate surface area is 139 Å². The highest BCUT2D eigenvalue weighted by Gasteiger charge is 2.15. The van der Waals surface area contributed by atoms with E-state index in [1.165, 1.54) is 4.88 Å². The maximum absolute atomic E-state index is 12.4. The van der Waals surface area contributed by atoms with Crippen LogP contribution in [0.2, 0.25) is 0 Å². The van der Waals surface area contributed by atoms with Gasteiger partial charge in [0, 0.05) is 26.5 Å². The van der Waals surface area contributed by atoms with Gasteiger partial charge in [-0.15, -0.1) is 11.3 Å². The highest BCUT2D eigenvalue weighted by molar-refractivity contribution is 14.1. The molecule has 1 heterocycles. The minimum Gasteiger partial charge on any atom is -0.341 e. The van der Waals surface area contributed by atoms with E-state index in [0.29, 0.717) is 0 Å². The zero-order valence-corrected chi connectivity index (χ0v) is 15.0.